The van der Waals surface area contributed by atoms with Crippen LogP contribution in [0.1, 0.15) is 44.2 Å². The Balaban J connectivity index is 1.29. The van der Waals surface area contributed by atoms with Crippen molar-refractivity contribution in [3.05, 3.63) is 28.6 Å². The van der Waals surface area contributed by atoms with Gasteiger partial charge in [-0.05, 0) is 67.7 Å². The number of rotatable bonds is 4. The van der Waals surface area contributed by atoms with E-state index in [4.69, 9.17) is 4.98 Å². The Morgan fingerprint density at radius 1 is 1.09 bits per heavy atom. The van der Waals surface area contributed by atoms with Gasteiger partial charge in [0.2, 0.25) is 0 Å². The minimum absolute atomic E-state index is 0.446. The number of thiophene rings is 1. The summed E-state index contributed by atoms with van der Waals surface area (Å²) in [6, 6.07) is 4.27. The van der Waals surface area contributed by atoms with Gasteiger partial charge in [-0.3, -0.25) is 0 Å². The van der Waals surface area contributed by atoms with E-state index in [0.29, 0.717) is 5.54 Å². The Kier molecular flexibility index (Phi) is 3.21. The summed E-state index contributed by atoms with van der Waals surface area (Å²) in [5.74, 6) is 3.03. The van der Waals surface area contributed by atoms with Crippen LogP contribution in [0.5, 0.6) is 0 Å². The van der Waals surface area contributed by atoms with Gasteiger partial charge in [0.05, 0.1) is 10.6 Å². The zero-order chi connectivity index (χ0) is 14.6. The van der Waals surface area contributed by atoms with Crippen molar-refractivity contribution < 1.29 is 0 Å². The highest BCUT2D eigenvalue weighted by Gasteiger charge is 2.50. The van der Waals surface area contributed by atoms with Crippen LogP contribution in [0, 0.1) is 17.8 Å². The van der Waals surface area contributed by atoms with Crippen molar-refractivity contribution in [2.24, 2.45) is 17.8 Å². The van der Waals surface area contributed by atoms with Crippen molar-refractivity contribution in [2.75, 3.05) is 0 Å². The van der Waals surface area contributed by atoms with E-state index in [-0.39, 0.29) is 0 Å². The fraction of sp³-hybridized carbons (Fsp3) is 0.611. The van der Waals surface area contributed by atoms with E-state index in [9.17, 15) is 0 Å². The van der Waals surface area contributed by atoms with Crippen molar-refractivity contribution >= 4 is 22.7 Å². The van der Waals surface area contributed by atoms with Crippen LogP contribution in [0.2, 0.25) is 0 Å². The van der Waals surface area contributed by atoms with Gasteiger partial charge < -0.3 is 5.32 Å². The second-order valence-electron chi connectivity index (χ2n) is 7.67. The maximum absolute atomic E-state index is 4.84. The van der Waals surface area contributed by atoms with E-state index in [1.807, 2.05) is 0 Å². The summed E-state index contributed by atoms with van der Waals surface area (Å²) in [6.45, 7) is 0.952. The molecule has 2 aromatic rings. The molecular weight excluding hydrogens is 308 g/mol. The summed E-state index contributed by atoms with van der Waals surface area (Å²) in [5.41, 5.74) is 1.67. The zero-order valence-electron chi connectivity index (χ0n) is 12.8. The molecule has 4 fully saturated rings. The largest absolute Gasteiger partial charge is 0.306 e. The molecule has 2 heterocycles. The molecule has 4 aliphatic carbocycles. The Morgan fingerprint density at radius 2 is 1.82 bits per heavy atom. The molecule has 4 heteroatoms. The van der Waals surface area contributed by atoms with Crippen molar-refractivity contribution in [3.8, 4) is 9.88 Å². The summed E-state index contributed by atoms with van der Waals surface area (Å²) >= 11 is 3.57. The Bertz CT molecular complexity index is 623. The molecule has 0 aromatic carbocycles. The third kappa shape index (κ3) is 2.36. The van der Waals surface area contributed by atoms with Gasteiger partial charge >= 0.3 is 0 Å². The van der Waals surface area contributed by atoms with Crippen molar-refractivity contribution in [2.45, 2.75) is 50.6 Å². The van der Waals surface area contributed by atoms with Crippen LogP contribution < -0.4 is 5.32 Å². The van der Waals surface area contributed by atoms with Gasteiger partial charge in [0, 0.05) is 17.5 Å². The molecular formula is C18H22N2S2. The Hall–Kier alpha value is -0.710. The monoisotopic (exact) mass is 330 g/mol. The molecule has 0 spiro atoms. The Morgan fingerprint density at radius 3 is 2.45 bits per heavy atom. The fourth-order valence-corrected chi connectivity index (χ4v) is 7.14. The van der Waals surface area contributed by atoms with Crippen molar-refractivity contribution in [3.63, 3.8) is 0 Å². The minimum Gasteiger partial charge on any atom is -0.306 e. The first kappa shape index (κ1) is 13.7. The summed E-state index contributed by atoms with van der Waals surface area (Å²) in [4.78, 5) is 6.13. The van der Waals surface area contributed by atoms with Gasteiger partial charge in [-0.15, -0.1) is 22.7 Å². The number of aromatic nitrogens is 1. The zero-order valence-corrected chi connectivity index (χ0v) is 14.4. The molecule has 116 valence electrons. The molecule has 0 saturated heterocycles. The highest BCUT2D eigenvalue weighted by Crippen LogP contribution is 2.55. The van der Waals surface area contributed by atoms with Gasteiger partial charge in [0.1, 0.15) is 5.01 Å². The first-order valence-corrected chi connectivity index (χ1v) is 10.3. The molecule has 0 radical (unpaired) electrons. The topological polar surface area (TPSA) is 24.9 Å². The van der Waals surface area contributed by atoms with Gasteiger partial charge in [-0.2, -0.15) is 0 Å². The van der Waals surface area contributed by atoms with Crippen LogP contribution >= 0.6 is 22.7 Å². The van der Waals surface area contributed by atoms with E-state index in [1.165, 1.54) is 54.1 Å². The maximum atomic E-state index is 4.84. The first-order valence-electron chi connectivity index (χ1n) is 8.51. The lowest BCUT2D eigenvalue weighted by molar-refractivity contribution is -0.0207. The van der Waals surface area contributed by atoms with Gasteiger partial charge in [-0.1, -0.05) is 6.07 Å². The number of nitrogens with one attached hydrogen (secondary N) is 1. The molecule has 2 nitrogen and oxygen atoms in total. The van der Waals surface area contributed by atoms with Gasteiger partial charge in [0.25, 0.3) is 0 Å². The van der Waals surface area contributed by atoms with Crippen LogP contribution in [0.4, 0.5) is 0 Å². The summed E-state index contributed by atoms with van der Waals surface area (Å²) in [6.07, 6.45) is 8.79. The number of nitrogens with zero attached hydrogens (tertiary/aromatic N) is 1. The number of hydrogen-bond donors (Lipinski definition) is 1. The normalized spacial score (nSPS) is 36.1. The highest BCUT2D eigenvalue weighted by atomic mass is 32.1. The lowest BCUT2D eigenvalue weighted by Gasteiger charge is -2.57. The average molecular weight is 331 g/mol. The molecule has 0 unspecified atom stereocenters. The lowest BCUT2D eigenvalue weighted by atomic mass is 9.53. The number of hydrogen-bond acceptors (Lipinski definition) is 4. The van der Waals surface area contributed by atoms with Gasteiger partial charge in [0.15, 0.2) is 0 Å². The van der Waals surface area contributed by atoms with E-state index >= 15 is 0 Å². The van der Waals surface area contributed by atoms with Crippen molar-refractivity contribution in [1.29, 1.82) is 0 Å². The summed E-state index contributed by atoms with van der Waals surface area (Å²) in [7, 11) is 0. The van der Waals surface area contributed by atoms with E-state index in [0.717, 1.165) is 24.3 Å². The third-order valence-electron chi connectivity index (χ3n) is 5.97. The summed E-state index contributed by atoms with van der Waals surface area (Å²) in [5, 5.41) is 9.50. The highest BCUT2D eigenvalue weighted by molar-refractivity contribution is 7.20. The smallest absolute Gasteiger partial charge is 0.133 e. The van der Waals surface area contributed by atoms with Crippen molar-refractivity contribution in [1.82, 2.24) is 10.3 Å². The lowest BCUT2D eigenvalue weighted by Crippen LogP contribution is -2.58. The molecule has 4 aliphatic rings. The molecule has 0 atom stereocenters. The molecule has 0 aliphatic heterocycles. The third-order valence-corrected chi connectivity index (χ3v) is 7.90. The van der Waals surface area contributed by atoms with E-state index < -0.39 is 0 Å². The molecule has 1 N–H and O–H groups in total. The number of thiazole rings is 1. The first-order chi connectivity index (χ1) is 10.8. The molecule has 2 aromatic heterocycles. The van der Waals surface area contributed by atoms with E-state index in [2.05, 4.69) is 28.2 Å². The van der Waals surface area contributed by atoms with E-state index in [1.54, 1.807) is 22.7 Å². The fourth-order valence-electron chi connectivity index (χ4n) is 5.51. The predicted octanol–water partition coefficient (Wildman–Crippen LogP) is 4.93. The molecule has 6 rings (SSSR count). The minimum atomic E-state index is 0.446. The predicted molar refractivity (Wildman–Crippen MR) is 93.2 cm³/mol. The van der Waals surface area contributed by atoms with Crippen LogP contribution in [-0.4, -0.2) is 10.5 Å². The van der Waals surface area contributed by atoms with Crippen LogP contribution in [0.3, 0.4) is 0 Å². The summed E-state index contributed by atoms with van der Waals surface area (Å²) < 4.78 is 0. The van der Waals surface area contributed by atoms with Crippen LogP contribution in [0.15, 0.2) is 22.9 Å². The second-order valence-corrected chi connectivity index (χ2v) is 9.48. The second kappa shape index (κ2) is 5.15. The average Bonchev–Trinajstić information content (AvgIpc) is 3.15. The molecule has 22 heavy (non-hydrogen) atoms. The Labute approximate surface area is 140 Å². The quantitative estimate of drug-likeness (QED) is 0.860. The maximum Gasteiger partial charge on any atom is 0.133 e. The van der Waals surface area contributed by atoms with Crippen LogP contribution in [-0.2, 0) is 6.54 Å². The molecule has 4 bridgehead atoms. The van der Waals surface area contributed by atoms with Crippen LogP contribution in [0.25, 0.3) is 9.88 Å². The SMILES string of the molecule is c1csc(-c2nc(CNC34CC5CC(CC(C5)C3)C4)cs2)c1. The van der Waals surface area contributed by atoms with Gasteiger partial charge in [-0.25, -0.2) is 4.98 Å². The molecule has 4 saturated carbocycles. The molecule has 0 amide bonds. The standard InChI is InChI=1S/C18H22N2S2/c1-2-16(21-3-1)17-20-15(11-22-17)10-19-18-7-12-4-13(8-18)6-14(5-12)9-18/h1-3,11-14,19H,4-10H2.